The third kappa shape index (κ3) is 3.68. The van der Waals surface area contributed by atoms with Crippen LogP contribution in [0.3, 0.4) is 0 Å². The number of ether oxygens (including phenoxy) is 3. The van der Waals surface area contributed by atoms with Crippen LogP contribution in [0.15, 0.2) is 24.3 Å². The Kier molecular flexibility index (Phi) is 4.40. The molecule has 17 heavy (non-hydrogen) atoms. The van der Waals surface area contributed by atoms with Crippen molar-refractivity contribution in [1.29, 1.82) is 0 Å². The second-order valence-corrected chi connectivity index (χ2v) is 4.63. The van der Waals surface area contributed by atoms with Gasteiger partial charge in [-0.2, -0.15) is 0 Å². The Morgan fingerprint density at radius 2 is 2.00 bits per heavy atom. The minimum absolute atomic E-state index is 0.472. The fourth-order valence-corrected chi connectivity index (χ4v) is 1.95. The first kappa shape index (κ1) is 12.8. The van der Waals surface area contributed by atoms with Crippen LogP contribution in [0.25, 0.3) is 0 Å². The van der Waals surface area contributed by atoms with E-state index in [4.69, 9.17) is 25.8 Å². The summed E-state index contributed by atoms with van der Waals surface area (Å²) in [6.45, 7) is 4.40. The first-order valence-electron chi connectivity index (χ1n) is 5.79. The number of halogens is 1. The highest BCUT2D eigenvalue weighted by Gasteiger charge is 2.30. The second kappa shape index (κ2) is 5.83. The molecule has 1 aliphatic rings. The SMILES string of the molecule is CC1(CCOCc2ccccc2Cl)OCCO1. The normalized spacial score (nSPS) is 18.5. The summed E-state index contributed by atoms with van der Waals surface area (Å²) >= 11 is 6.03. The Morgan fingerprint density at radius 3 is 2.71 bits per heavy atom. The molecule has 94 valence electrons. The molecule has 0 bridgehead atoms. The lowest BCUT2D eigenvalue weighted by molar-refractivity contribution is -0.156. The van der Waals surface area contributed by atoms with Crippen LogP contribution in [-0.2, 0) is 20.8 Å². The lowest BCUT2D eigenvalue weighted by atomic mass is 10.2. The molecule has 1 aromatic carbocycles. The Morgan fingerprint density at radius 1 is 1.29 bits per heavy atom. The molecule has 3 nitrogen and oxygen atoms in total. The van der Waals surface area contributed by atoms with E-state index >= 15 is 0 Å². The topological polar surface area (TPSA) is 27.7 Å². The number of hydrogen-bond acceptors (Lipinski definition) is 3. The Balaban J connectivity index is 1.71. The lowest BCUT2D eigenvalue weighted by Crippen LogP contribution is -2.27. The summed E-state index contributed by atoms with van der Waals surface area (Å²) in [6.07, 6.45) is 0.734. The van der Waals surface area contributed by atoms with Crippen molar-refractivity contribution >= 4 is 11.6 Å². The summed E-state index contributed by atoms with van der Waals surface area (Å²) in [4.78, 5) is 0. The van der Waals surface area contributed by atoms with Gasteiger partial charge in [0.2, 0.25) is 0 Å². The monoisotopic (exact) mass is 256 g/mol. The maximum absolute atomic E-state index is 6.03. The molecule has 0 unspecified atom stereocenters. The molecule has 1 aliphatic heterocycles. The lowest BCUT2D eigenvalue weighted by Gasteiger charge is -2.21. The molecule has 0 atom stereocenters. The molecule has 0 radical (unpaired) electrons. The Bertz CT molecular complexity index is 361. The standard InChI is InChI=1S/C13H17ClO3/c1-13(16-8-9-17-13)6-7-15-10-11-4-2-3-5-12(11)14/h2-5H,6-10H2,1H3. The summed E-state index contributed by atoms with van der Waals surface area (Å²) < 4.78 is 16.6. The first-order valence-corrected chi connectivity index (χ1v) is 6.16. The van der Waals surface area contributed by atoms with Crippen LogP contribution in [0.5, 0.6) is 0 Å². The van der Waals surface area contributed by atoms with E-state index < -0.39 is 5.79 Å². The fourth-order valence-electron chi connectivity index (χ4n) is 1.76. The van der Waals surface area contributed by atoms with Crippen LogP contribution in [0, 0.1) is 0 Å². The molecule has 0 amide bonds. The fraction of sp³-hybridized carbons (Fsp3) is 0.538. The molecule has 0 saturated carbocycles. The highest BCUT2D eigenvalue weighted by Crippen LogP contribution is 2.23. The summed E-state index contributed by atoms with van der Waals surface area (Å²) in [7, 11) is 0. The molecule has 1 saturated heterocycles. The van der Waals surface area contributed by atoms with E-state index in [1.807, 2.05) is 31.2 Å². The van der Waals surface area contributed by atoms with Gasteiger partial charge in [0, 0.05) is 11.4 Å². The highest BCUT2D eigenvalue weighted by atomic mass is 35.5. The van der Waals surface area contributed by atoms with Gasteiger partial charge in [0.1, 0.15) is 0 Å². The van der Waals surface area contributed by atoms with Gasteiger partial charge in [0.25, 0.3) is 0 Å². The van der Waals surface area contributed by atoms with Crippen LogP contribution in [-0.4, -0.2) is 25.6 Å². The molecule has 0 N–H and O–H groups in total. The van der Waals surface area contributed by atoms with E-state index in [-0.39, 0.29) is 0 Å². The quantitative estimate of drug-likeness (QED) is 0.758. The molecule has 1 heterocycles. The number of hydrogen-bond donors (Lipinski definition) is 0. The van der Waals surface area contributed by atoms with E-state index in [0.717, 1.165) is 17.0 Å². The van der Waals surface area contributed by atoms with Crippen LogP contribution >= 0.6 is 11.6 Å². The third-order valence-corrected chi connectivity index (χ3v) is 3.18. The van der Waals surface area contributed by atoms with Crippen molar-refractivity contribution < 1.29 is 14.2 Å². The van der Waals surface area contributed by atoms with E-state index in [1.54, 1.807) is 0 Å². The van der Waals surface area contributed by atoms with Crippen molar-refractivity contribution in [2.45, 2.75) is 25.7 Å². The molecular formula is C13H17ClO3. The minimum atomic E-state index is -0.472. The van der Waals surface area contributed by atoms with Gasteiger partial charge >= 0.3 is 0 Å². The van der Waals surface area contributed by atoms with E-state index in [0.29, 0.717) is 26.4 Å². The average Bonchev–Trinajstić information content (AvgIpc) is 2.74. The maximum Gasteiger partial charge on any atom is 0.167 e. The molecule has 1 aromatic rings. The van der Waals surface area contributed by atoms with Gasteiger partial charge in [-0.25, -0.2) is 0 Å². The van der Waals surface area contributed by atoms with Crippen molar-refractivity contribution in [3.05, 3.63) is 34.9 Å². The van der Waals surface area contributed by atoms with Gasteiger partial charge in [-0.05, 0) is 18.6 Å². The predicted octanol–water partition coefficient (Wildman–Crippen LogP) is 3.01. The molecular weight excluding hydrogens is 240 g/mol. The van der Waals surface area contributed by atoms with Crippen LogP contribution < -0.4 is 0 Å². The van der Waals surface area contributed by atoms with Crippen molar-refractivity contribution in [2.75, 3.05) is 19.8 Å². The van der Waals surface area contributed by atoms with Gasteiger partial charge < -0.3 is 14.2 Å². The molecule has 0 spiro atoms. The molecule has 2 rings (SSSR count). The van der Waals surface area contributed by atoms with Crippen LogP contribution in [0.4, 0.5) is 0 Å². The minimum Gasteiger partial charge on any atom is -0.377 e. The van der Waals surface area contributed by atoms with Gasteiger partial charge in [-0.1, -0.05) is 29.8 Å². The maximum atomic E-state index is 6.03. The Labute approximate surface area is 107 Å². The molecule has 0 aromatic heterocycles. The summed E-state index contributed by atoms with van der Waals surface area (Å²) in [5.41, 5.74) is 1.01. The van der Waals surface area contributed by atoms with Gasteiger partial charge in [0.05, 0.1) is 26.4 Å². The summed E-state index contributed by atoms with van der Waals surface area (Å²) in [6, 6.07) is 7.69. The number of benzene rings is 1. The summed E-state index contributed by atoms with van der Waals surface area (Å²) in [5, 5.41) is 0.743. The van der Waals surface area contributed by atoms with Crippen LogP contribution in [0.1, 0.15) is 18.9 Å². The van der Waals surface area contributed by atoms with Crippen molar-refractivity contribution in [3.63, 3.8) is 0 Å². The van der Waals surface area contributed by atoms with E-state index in [2.05, 4.69) is 0 Å². The van der Waals surface area contributed by atoms with Gasteiger partial charge in [0.15, 0.2) is 5.79 Å². The zero-order chi connectivity index (χ0) is 12.1. The molecule has 4 heteroatoms. The number of rotatable bonds is 5. The van der Waals surface area contributed by atoms with Crippen molar-refractivity contribution in [3.8, 4) is 0 Å². The van der Waals surface area contributed by atoms with Gasteiger partial charge in [-0.3, -0.25) is 0 Å². The molecule has 0 aliphatic carbocycles. The predicted molar refractivity (Wildman–Crippen MR) is 66.0 cm³/mol. The zero-order valence-corrected chi connectivity index (χ0v) is 10.7. The first-order chi connectivity index (χ1) is 8.20. The van der Waals surface area contributed by atoms with Gasteiger partial charge in [-0.15, -0.1) is 0 Å². The average molecular weight is 257 g/mol. The van der Waals surface area contributed by atoms with Crippen LogP contribution in [0.2, 0.25) is 5.02 Å². The van der Waals surface area contributed by atoms with Crippen molar-refractivity contribution in [1.82, 2.24) is 0 Å². The zero-order valence-electron chi connectivity index (χ0n) is 9.95. The van der Waals surface area contributed by atoms with E-state index in [1.165, 1.54) is 0 Å². The van der Waals surface area contributed by atoms with E-state index in [9.17, 15) is 0 Å². The third-order valence-electron chi connectivity index (χ3n) is 2.81. The smallest absolute Gasteiger partial charge is 0.167 e. The molecule has 1 fully saturated rings. The summed E-state index contributed by atoms with van der Waals surface area (Å²) in [5.74, 6) is -0.472. The highest BCUT2D eigenvalue weighted by molar-refractivity contribution is 6.31. The largest absolute Gasteiger partial charge is 0.377 e. The Hall–Kier alpha value is -0.610. The van der Waals surface area contributed by atoms with Crippen molar-refractivity contribution in [2.24, 2.45) is 0 Å². The second-order valence-electron chi connectivity index (χ2n) is 4.22.